The molecule has 0 radical (unpaired) electrons. The molecule has 1 fully saturated rings. The summed E-state index contributed by atoms with van der Waals surface area (Å²) in [5.41, 5.74) is 2.32. The van der Waals surface area contributed by atoms with E-state index in [9.17, 15) is 4.79 Å². The van der Waals surface area contributed by atoms with Crippen molar-refractivity contribution in [1.29, 1.82) is 0 Å². The summed E-state index contributed by atoms with van der Waals surface area (Å²) in [5.74, 6) is -0.0613. The molecule has 1 atom stereocenters. The van der Waals surface area contributed by atoms with Gasteiger partial charge in [0, 0.05) is 63.0 Å². The second-order valence-corrected chi connectivity index (χ2v) is 8.82. The number of carbonyl (C=O) groups is 1. The van der Waals surface area contributed by atoms with Crippen LogP contribution in [0.2, 0.25) is 0 Å². The molecule has 3 aromatic rings. The Morgan fingerprint density at radius 2 is 2.10 bits per heavy atom. The lowest BCUT2D eigenvalue weighted by Gasteiger charge is -2.32. The van der Waals surface area contributed by atoms with Crippen LogP contribution in [0.15, 0.2) is 36.7 Å². The second kappa shape index (κ2) is 9.59. The van der Waals surface area contributed by atoms with Crippen molar-refractivity contribution in [2.75, 3.05) is 51.8 Å². The first kappa shape index (κ1) is 20.8. The van der Waals surface area contributed by atoms with Crippen molar-refractivity contribution < 1.29 is 9.53 Å². The Bertz CT molecular complexity index is 977. The van der Waals surface area contributed by atoms with Crippen molar-refractivity contribution in [2.24, 2.45) is 0 Å². The second-order valence-electron chi connectivity index (χ2n) is 7.81. The Balaban J connectivity index is 1.43. The smallest absolute Gasteiger partial charge is 0.263 e. The molecule has 1 unspecified atom stereocenters. The summed E-state index contributed by atoms with van der Waals surface area (Å²) in [7, 11) is 3.82. The lowest BCUT2D eigenvalue weighted by molar-refractivity contribution is 0.0928. The molecule has 160 valence electrons. The predicted octanol–water partition coefficient (Wildman–Crippen LogP) is 2.75. The number of nitrogens with one attached hydrogen (secondary N) is 2. The van der Waals surface area contributed by atoms with E-state index in [0.29, 0.717) is 11.5 Å². The zero-order valence-corrected chi connectivity index (χ0v) is 18.4. The van der Waals surface area contributed by atoms with E-state index in [4.69, 9.17) is 4.74 Å². The number of benzene rings is 1. The monoisotopic (exact) mass is 427 g/mol. The van der Waals surface area contributed by atoms with Crippen LogP contribution >= 0.6 is 11.3 Å². The Kier molecular flexibility index (Phi) is 6.66. The molecular formula is C22H29N5O2S. The SMILES string of the molecule is COCCC(Cc1c[nH]c2ccccc12)NC(=O)c1cnc(N2CCN(C)CC2)s1. The van der Waals surface area contributed by atoms with Crippen LogP contribution < -0.4 is 10.2 Å². The zero-order valence-electron chi connectivity index (χ0n) is 17.6. The molecule has 8 heteroatoms. The third kappa shape index (κ3) is 4.83. The number of aromatic nitrogens is 2. The molecule has 7 nitrogen and oxygen atoms in total. The number of hydrogen-bond acceptors (Lipinski definition) is 6. The highest BCUT2D eigenvalue weighted by atomic mass is 32.1. The number of rotatable bonds is 8. The van der Waals surface area contributed by atoms with Crippen molar-refractivity contribution in [3.63, 3.8) is 0 Å². The fourth-order valence-corrected chi connectivity index (χ4v) is 4.69. The highest BCUT2D eigenvalue weighted by Gasteiger charge is 2.21. The minimum atomic E-state index is -0.0613. The molecule has 0 bridgehead atoms. The molecule has 1 aromatic carbocycles. The Morgan fingerprint density at radius 1 is 1.30 bits per heavy atom. The van der Waals surface area contributed by atoms with E-state index >= 15 is 0 Å². The minimum absolute atomic E-state index is 0.00848. The van der Waals surface area contributed by atoms with Crippen LogP contribution in [0.4, 0.5) is 5.13 Å². The van der Waals surface area contributed by atoms with Crippen LogP contribution in [0.25, 0.3) is 10.9 Å². The maximum Gasteiger partial charge on any atom is 0.263 e. The summed E-state index contributed by atoms with van der Waals surface area (Å²) in [6.07, 6.45) is 5.25. The van der Waals surface area contributed by atoms with E-state index in [2.05, 4.69) is 44.3 Å². The normalized spacial score (nSPS) is 16.1. The predicted molar refractivity (Wildman–Crippen MR) is 122 cm³/mol. The van der Waals surface area contributed by atoms with Crippen LogP contribution in [-0.4, -0.2) is 73.8 Å². The van der Waals surface area contributed by atoms with Crippen molar-refractivity contribution in [2.45, 2.75) is 18.9 Å². The number of ether oxygens (including phenoxy) is 1. The van der Waals surface area contributed by atoms with Crippen molar-refractivity contribution in [3.8, 4) is 0 Å². The first-order valence-corrected chi connectivity index (χ1v) is 11.2. The van der Waals surface area contributed by atoms with Crippen LogP contribution in [0.3, 0.4) is 0 Å². The van der Waals surface area contributed by atoms with E-state index in [1.165, 1.54) is 22.3 Å². The largest absolute Gasteiger partial charge is 0.385 e. The average Bonchev–Trinajstić information content (AvgIpc) is 3.40. The van der Waals surface area contributed by atoms with Crippen molar-refractivity contribution >= 4 is 33.3 Å². The third-order valence-corrected chi connectivity index (χ3v) is 6.69. The summed E-state index contributed by atoms with van der Waals surface area (Å²) >= 11 is 1.47. The van der Waals surface area contributed by atoms with E-state index in [-0.39, 0.29) is 11.9 Å². The zero-order chi connectivity index (χ0) is 20.9. The standard InChI is InChI=1S/C22H29N5O2S/c1-26-8-10-27(11-9-26)22-24-15-20(30-22)21(28)25-17(7-12-29-2)13-16-14-23-19-6-4-3-5-18(16)19/h3-6,14-15,17,23H,7-13H2,1-2H3,(H,25,28). The molecule has 30 heavy (non-hydrogen) atoms. The maximum atomic E-state index is 12.9. The van der Waals surface area contributed by atoms with Gasteiger partial charge >= 0.3 is 0 Å². The third-order valence-electron chi connectivity index (χ3n) is 5.64. The molecule has 2 aromatic heterocycles. The molecule has 0 aliphatic carbocycles. The molecule has 0 spiro atoms. The molecule has 3 heterocycles. The van der Waals surface area contributed by atoms with Crippen molar-refractivity contribution in [3.05, 3.63) is 47.1 Å². The van der Waals surface area contributed by atoms with Gasteiger partial charge in [-0.15, -0.1) is 0 Å². The number of likely N-dealkylation sites (N-methyl/N-ethyl adjacent to an activating group) is 1. The first-order valence-electron chi connectivity index (χ1n) is 10.4. The van der Waals surface area contributed by atoms with Gasteiger partial charge in [0.05, 0.1) is 6.20 Å². The Hall–Kier alpha value is -2.42. The number of nitrogens with zero attached hydrogens (tertiary/aromatic N) is 3. The van der Waals surface area contributed by atoms with Gasteiger partial charge < -0.3 is 24.8 Å². The highest BCUT2D eigenvalue weighted by molar-refractivity contribution is 7.17. The number of aromatic amines is 1. The molecule has 2 N–H and O–H groups in total. The number of H-pyrrole nitrogens is 1. The number of methoxy groups -OCH3 is 1. The minimum Gasteiger partial charge on any atom is -0.385 e. The summed E-state index contributed by atoms with van der Waals surface area (Å²) in [6, 6.07) is 8.24. The number of anilines is 1. The molecular weight excluding hydrogens is 398 g/mol. The van der Waals surface area contributed by atoms with Gasteiger partial charge in [-0.25, -0.2) is 4.98 Å². The van der Waals surface area contributed by atoms with Gasteiger partial charge in [0.2, 0.25) is 0 Å². The first-order chi connectivity index (χ1) is 14.6. The molecule has 0 saturated carbocycles. The molecule has 1 amide bonds. The van der Waals surface area contributed by atoms with Crippen LogP contribution in [0.1, 0.15) is 21.7 Å². The number of thiazole rings is 1. The van der Waals surface area contributed by atoms with E-state index in [0.717, 1.165) is 49.7 Å². The average molecular weight is 428 g/mol. The number of carbonyl (C=O) groups excluding carboxylic acids is 1. The van der Waals surface area contributed by atoms with Gasteiger partial charge in [-0.1, -0.05) is 29.5 Å². The number of fused-ring (bicyclic) bond motifs is 1. The number of amides is 1. The van der Waals surface area contributed by atoms with Gasteiger partial charge in [-0.3, -0.25) is 4.79 Å². The lowest BCUT2D eigenvalue weighted by Crippen LogP contribution is -2.44. The molecule has 4 rings (SSSR count). The molecule has 1 aliphatic heterocycles. The molecule has 1 saturated heterocycles. The Labute approximate surface area is 181 Å². The molecule has 1 aliphatic rings. The number of para-hydroxylation sites is 1. The van der Waals surface area contributed by atoms with Gasteiger partial charge in [-0.05, 0) is 31.5 Å². The van der Waals surface area contributed by atoms with Gasteiger partial charge in [0.15, 0.2) is 5.13 Å². The van der Waals surface area contributed by atoms with Gasteiger partial charge in [0.1, 0.15) is 4.88 Å². The van der Waals surface area contributed by atoms with Gasteiger partial charge in [0.25, 0.3) is 5.91 Å². The van der Waals surface area contributed by atoms with Gasteiger partial charge in [-0.2, -0.15) is 0 Å². The van der Waals surface area contributed by atoms with E-state index < -0.39 is 0 Å². The van der Waals surface area contributed by atoms with E-state index in [1.807, 2.05) is 18.3 Å². The number of hydrogen-bond donors (Lipinski definition) is 2. The summed E-state index contributed by atoms with van der Waals surface area (Å²) in [6.45, 7) is 4.53. The maximum absolute atomic E-state index is 12.9. The summed E-state index contributed by atoms with van der Waals surface area (Å²) in [4.78, 5) is 26.0. The lowest BCUT2D eigenvalue weighted by atomic mass is 10.0. The quantitative estimate of drug-likeness (QED) is 0.578. The topological polar surface area (TPSA) is 73.5 Å². The summed E-state index contributed by atoms with van der Waals surface area (Å²) < 4.78 is 5.28. The fourth-order valence-electron chi connectivity index (χ4n) is 3.82. The number of piperazine rings is 1. The van der Waals surface area contributed by atoms with E-state index in [1.54, 1.807) is 13.3 Å². The van der Waals surface area contributed by atoms with Crippen LogP contribution in [0.5, 0.6) is 0 Å². The van der Waals surface area contributed by atoms with Crippen molar-refractivity contribution in [1.82, 2.24) is 20.2 Å². The van der Waals surface area contributed by atoms with Crippen LogP contribution in [0, 0.1) is 0 Å². The Morgan fingerprint density at radius 3 is 2.90 bits per heavy atom. The fraction of sp³-hybridized carbons (Fsp3) is 0.455. The highest BCUT2D eigenvalue weighted by Crippen LogP contribution is 2.24. The van der Waals surface area contributed by atoms with Crippen LogP contribution in [-0.2, 0) is 11.2 Å². The summed E-state index contributed by atoms with van der Waals surface area (Å²) in [5, 5.41) is 5.33.